The highest BCUT2D eigenvalue weighted by molar-refractivity contribution is 5.41. The van der Waals surface area contributed by atoms with Crippen molar-refractivity contribution in [2.24, 2.45) is 0 Å². The molecule has 0 aliphatic carbocycles. The summed E-state index contributed by atoms with van der Waals surface area (Å²) < 4.78 is 32.9. The largest absolute Gasteiger partial charge is 0.454 e. The van der Waals surface area contributed by atoms with Crippen LogP contribution in [0.4, 0.5) is 8.78 Å². The van der Waals surface area contributed by atoms with Gasteiger partial charge in [0, 0.05) is 0 Å². The van der Waals surface area contributed by atoms with E-state index in [0.717, 1.165) is 0 Å². The molecule has 1 unspecified atom stereocenters. The van der Waals surface area contributed by atoms with Crippen molar-refractivity contribution in [1.82, 2.24) is 0 Å². The Labute approximate surface area is 110 Å². The van der Waals surface area contributed by atoms with Crippen LogP contribution >= 0.6 is 0 Å². The van der Waals surface area contributed by atoms with Gasteiger partial charge in [-0.1, -0.05) is 18.2 Å². The van der Waals surface area contributed by atoms with Gasteiger partial charge in [0.05, 0.1) is 11.7 Å². The smallest absolute Gasteiger partial charge is 0.168 e. The Balaban J connectivity index is 2.44. The molecule has 0 bridgehead atoms. The first kappa shape index (κ1) is 13.5. The fourth-order valence-corrected chi connectivity index (χ4v) is 1.83. The van der Waals surface area contributed by atoms with Gasteiger partial charge < -0.3 is 9.84 Å². The predicted molar refractivity (Wildman–Crippen MR) is 68.2 cm³/mol. The zero-order valence-electron chi connectivity index (χ0n) is 10.7. The third kappa shape index (κ3) is 2.74. The fourth-order valence-electron chi connectivity index (χ4n) is 1.83. The Kier molecular flexibility index (Phi) is 3.81. The minimum Gasteiger partial charge on any atom is -0.454 e. The maximum absolute atomic E-state index is 13.8. The van der Waals surface area contributed by atoms with Crippen molar-refractivity contribution in [3.05, 3.63) is 59.2 Å². The second-order valence-corrected chi connectivity index (χ2v) is 4.32. The fraction of sp³-hybridized carbons (Fsp3) is 0.200. The van der Waals surface area contributed by atoms with Crippen molar-refractivity contribution in [3.8, 4) is 11.5 Å². The van der Waals surface area contributed by atoms with Crippen molar-refractivity contribution in [3.63, 3.8) is 0 Å². The molecule has 0 saturated heterocycles. The summed E-state index contributed by atoms with van der Waals surface area (Å²) in [6.07, 6.45) is -1.04. The minimum atomic E-state index is -1.04. The predicted octanol–water partition coefficient (Wildman–Crippen LogP) is 4.12. The summed E-state index contributed by atoms with van der Waals surface area (Å²) in [6.45, 7) is 3.04. The molecular formula is C15H14F2O2. The number of rotatable bonds is 3. The molecule has 0 aliphatic rings. The van der Waals surface area contributed by atoms with E-state index < -0.39 is 17.7 Å². The first-order chi connectivity index (χ1) is 9.00. The molecule has 1 atom stereocenters. The molecule has 4 heteroatoms. The van der Waals surface area contributed by atoms with Gasteiger partial charge in [-0.3, -0.25) is 0 Å². The maximum Gasteiger partial charge on any atom is 0.168 e. The quantitative estimate of drug-likeness (QED) is 0.903. The van der Waals surface area contributed by atoms with E-state index in [4.69, 9.17) is 4.74 Å². The lowest BCUT2D eigenvalue weighted by Crippen LogP contribution is -2.01. The normalized spacial score (nSPS) is 12.3. The number of ether oxygens (including phenoxy) is 1. The van der Waals surface area contributed by atoms with E-state index in [9.17, 15) is 13.9 Å². The Hall–Kier alpha value is -1.94. The SMILES string of the molecule is Cc1cccc(Oc2cccc(F)c2C(C)O)c1F. The summed E-state index contributed by atoms with van der Waals surface area (Å²) >= 11 is 0. The molecule has 0 saturated carbocycles. The Bertz CT molecular complexity index is 595. The van der Waals surface area contributed by atoms with Gasteiger partial charge in [0.15, 0.2) is 11.6 Å². The monoisotopic (exact) mass is 264 g/mol. The molecule has 2 aromatic carbocycles. The van der Waals surface area contributed by atoms with Gasteiger partial charge in [-0.05, 0) is 37.6 Å². The highest BCUT2D eigenvalue weighted by Gasteiger charge is 2.16. The number of benzene rings is 2. The average Bonchev–Trinajstić information content (AvgIpc) is 2.34. The van der Waals surface area contributed by atoms with Crippen LogP contribution in [0.3, 0.4) is 0 Å². The van der Waals surface area contributed by atoms with Gasteiger partial charge in [0.25, 0.3) is 0 Å². The van der Waals surface area contributed by atoms with Gasteiger partial charge in [-0.15, -0.1) is 0 Å². The Morgan fingerprint density at radius 1 is 1.05 bits per heavy atom. The number of aryl methyl sites for hydroxylation is 1. The van der Waals surface area contributed by atoms with Crippen molar-refractivity contribution < 1.29 is 18.6 Å². The lowest BCUT2D eigenvalue weighted by atomic mass is 10.1. The van der Waals surface area contributed by atoms with E-state index in [1.807, 2.05) is 0 Å². The molecule has 0 amide bonds. The van der Waals surface area contributed by atoms with Gasteiger partial charge in [0.2, 0.25) is 0 Å². The third-order valence-corrected chi connectivity index (χ3v) is 2.81. The molecule has 0 fully saturated rings. The van der Waals surface area contributed by atoms with E-state index in [0.29, 0.717) is 5.56 Å². The van der Waals surface area contributed by atoms with Gasteiger partial charge in [-0.25, -0.2) is 8.78 Å². The van der Waals surface area contributed by atoms with Crippen molar-refractivity contribution in [1.29, 1.82) is 0 Å². The van der Waals surface area contributed by atoms with Gasteiger partial charge in [0.1, 0.15) is 11.6 Å². The number of hydrogen-bond acceptors (Lipinski definition) is 2. The number of hydrogen-bond donors (Lipinski definition) is 1. The molecule has 1 N–H and O–H groups in total. The third-order valence-electron chi connectivity index (χ3n) is 2.81. The zero-order chi connectivity index (χ0) is 14.0. The number of aliphatic hydroxyl groups is 1. The molecule has 0 spiro atoms. The van der Waals surface area contributed by atoms with Crippen LogP contribution in [0.2, 0.25) is 0 Å². The molecule has 2 aromatic rings. The van der Waals surface area contributed by atoms with E-state index in [1.165, 1.54) is 31.2 Å². The van der Waals surface area contributed by atoms with E-state index >= 15 is 0 Å². The molecule has 0 heterocycles. The molecule has 2 rings (SSSR count). The maximum atomic E-state index is 13.8. The highest BCUT2D eigenvalue weighted by atomic mass is 19.1. The van der Waals surface area contributed by atoms with Crippen LogP contribution in [0.25, 0.3) is 0 Å². The second-order valence-electron chi connectivity index (χ2n) is 4.32. The van der Waals surface area contributed by atoms with E-state index in [-0.39, 0.29) is 17.1 Å². The molecule has 2 nitrogen and oxygen atoms in total. The van der Waals surface area contributed by atoms with Crippen molar-refractivity contribution in [2.45, 2.75) is 20.0 Å². The van der Waals surface area contributed by atoms with Crippen molar-refractivity contribution in [2.75, 3.05) is 0 Å². The summed E-state index contributed by atoms with van der Waals surface area (Å²) in [5.74, 6) is -0.962. The lowest BCUT2D eigenvalue weighted by Gasteiger charge is -2.14. The topological polar surface area (TPSA) is 29.5 Å². The van der Waals surface area contributed by atoms with Gasteiger partial charge in [-0.2, -0.15) is 0 Å². The lowest BCUT2D eigenvalue weighted by molar-refractivity contribution is 0.190. The highest BCUT2D eigenvalue weighted by Crippen LogP contribution is 2.33. The first-order valence-corrected chi connectivity index (χ1v) is 5.90. The van der Waals surface area contributed by atoms with Crippen LogP contribution in [-0.2, 0) is 0 Å². The second kappa shape index (κ2) is 5.36. The molecule has 100 valence electrons. The summed E-state index contributed by atoms with van der Waals surface area (Å²) in [5, 5.41) is 9.57. The van der Waals surface area contributed by atoms with Crippen LogP contribution in [0.1, 0.15) is 24.2 Å². The molecule has 0 radical (unpaired) electrons. The molecule has 19 heavy (non-hydrogen) atoms. The van der Waals surface area contributed by atoms with Gasteiger partial charge >= 0.3 is 0 Å². The molecule has 0 aliphatic heterocycles. The van der Waals surface area contributed by atoms with E-state index in [1.54, 1.807) is 19.1 Å². The molecular weight excluding hydrogens is 250 g/mol. The van der Waals surface area contributed by atoms with Crippen LogP contribution < -0.4 is 4.74 Å². The van der Waals surface area contributed by atoms with Crippen LogP contribution in [-0.4, -0.2) is 5.11 Å². The van der Waals surface area contributed by atoms with E-state index in [2.05, 4.69) is 0 Å². The first-order valence-electron chi connectivity index (χ1n) is 5.90. The zero-order valence-corrected chi connectivity index (χ0v) is 10.7. The van der Waals surface area contributed by atoms with Crippen LogP contribution in [0.5, 0.6) is 11.5 Å². The average molecular weight is 264 g/mol. The molecule has 0 aromatic heterocycles. The van der Waals surface area contributed by atoms with Crippen molar-refractivity contribution >= 4 is 0 Å². The summed E-state index contributed by atoms with van der Waals surface area (Å²) in [4.78, 5) is 0. The summed E-state index contributed by atoms with van der Waals surface area (Å²) in [6, 6.07) is 8.89. The summed E-state index contributed by atoms with van der Waals surface area (Å²) in [7, 11) is 0. The number of halogens is 2. The van der Waals surface area contributed by atoms with Crippen LogP contribution in [0.15, 0.2) is 36.4 Å². The Morgan fingerprint density at radius 3 is 2.37 bits per heavy atom. The Morgan fingerprint density at radius 2 is 1.68 bits per heavy atom. The minimum absolute atomic E-state index is 0.00694. The number of aliphatic hydroxyl groups excluding tert-OH is 1. The summed E-state index contributed by atoms with van der Waals surface area (Å²) in [5.41, 5.74) is 0.455. The van der Waals surface area contributed by atoms with Crippen LogP contribution in [0, 0.1) is 18.6 Å². The standard InChI is InChI=1S/C15H14F2O2/c1-9-5-3-8-13(15(9)17)19-12-7-4-6-11(16)14(12)10(2)18/h3-8,10,18H,1-2H3.